The molecular formula is C18H15F3N2O3. The van der Waals surface area contributed by atoms with Gasteiger partial charge in [-0.25, -0.2) is 4.98 Å². The van der Waals surface area contributed by atoms with Gasteiger partial charge in [0.15, 0.2) is 11.5 Å². The number of halogens is 3. The molecule has 3 aromatic rings. The molecule has 0 bridgehead atoms. The third-order valence-corrected chi connectivity index (χ3v) is 3.99. The molecule has 0 saturated heterocycles. The molecule has 8 heteroatoms. The molecule has 2 heterocycles. The van der Waals surface area contributed by atoms with E-state index in [1.807, 2.05) is 6.07 Å². The molecule has 0 fully saturated rings. The Bertz CT molecular complexity index is 923. The van der Waals surface area contributed by atoms with Crippen LogP contribution in [0.3, 0.4) is 0 Å². The van der Waals surface area contributed by atoms with E-state index in [1.54, 1.807) is 24.3 Å². The third kappa shape index (κ3) is 3.14. The SMILES string of the molecule is FC(F)(F)c1nc2cc3c(cc2n1CCOc1ccccc1)OCCO3. The van der Waals surface area contributed by atoms with Crippen LogP contribution in [-0.2, 0) is 12.7 Å². The van der Waals surface area contributed by atoms with Gasteiger partial charge in [0.2, 0.25) is 5.82 Å². The molecule has 0 radical (unpaired) electrons. The number of fused-ring (bicyclic) bond motifs is 2. The van der Waals surface area contributed by atoms with Crippen molar-refractivity contribution in [1.29, 1.82) is 0 Å². The summed E-state index contributed by atoms with van der Waals surface area (Å²) in [6.45, 7) is 0.791. The van der Waals surface area contributed by atoms with Gasteiger partial charge >= 0.3 is 6.18 Å². The van der Waals surface area contributed by atoms with Gasteiger partial charge in [-0.15, -0.1) is 0 Å². The summed E-state index contributed by atoms with van der Waals surface area (Å²) in [5.41, 5.74) is 0.541. The predicted octanol–water partition coefficient (Wildman–Crippen LogP) is 3.91. The summed E-state index contributed by atoms with van der Waals surface area (Å²) in [6, 6.07) is 11.9. The van der Waals surface area contributed by atoms with Gasteiger partial charge < -0.3 is 18.8 Å². The average molecular weight is 364 g/mol. The number of para-hydroxylation sites is 1. The van der Waals surface area contributed by atoms with Crippen LogP contribution in [0.1, 0.15) is 5.82 Å². The average Bonchev–Trinajstić information content (AvgIpc) is 2.99. The number of aromatic nitrogens is 2. The maximum atomic E-state index is 13.4. The minimum absolute atomic E-state index is 0.000118. The van der Waals surface area contributed by atoms with Gasteiger partial charge in [0.05, 0.1) is 17.6 Å². The van der Waals surface area contributed by atoms with Crippen LogP contribution in [0.5, 0.6) is 17.2 Å². The molecule has 26 heavy (non-hydrogen) atoms. The maximum absolute atomic E-state index is 13.4. The highest BCUT2D eigenvalue weighted by atomic mass is 19.4. The van der Waals surface area contributed by atoms with Crippen LogP contribution in [0.2, 0.25) is 0 Å². The predicted molar refractivity (Wildman–Crippen MR) is 87.7 cm³/mol. The zero-order valence-electron chi connectivity index (χ0n) is 13.6. The fourth-order valence-electron chi connectivity index (χ4n) is 2.88. The van der Waals surface area contributed by atoms with Gasteiger partial charge in [0.1, 0.15) is 25.6 Å². The van der Waals surface area contributed by atoms with Crippen LogP contribution in [0.15, 0.2) is 42.5 Å². The maximum Gasteiger partial charge on any atom is 0.449 e. The van der Waals surface area contributed by atoms with E-state index in [0.717, 1.165) is 4.57 Å². The fraction of sp³-hybridized carbons (Fsp3) is 0.278. The first-order chi connectivity index (χ1) is 12.5. The van der Waals surface area contributed by atoms with E-state index < -0.39 is 12.0 Å². The Morgan fingerprint density at radius 3 is 2.42 bits per heavy atom. The second-order valence-electron chi connectivity index (χ2n) is 5.73. The largest absolute Gasteiger partial charge is 0.492 e. The van der Waals surface area contributed by atoms with Crippen LogP contribution < -0.4 is 14.2 Å². The molecule has 1 aromatic heterocycles. The van der Waals surface area contributed by atoms with Crippen LogP contribution in [0, 0.1) is 0 Å². The highest BCUT2D eigenvalue weighted by molar-refractivity contribution is 5.81. The van der Waals surface area contributed by atoms with Crippen molar-refractivity contribution in [3.05, 3.63) is 48.3 Å². The van der Waals surface area contributed by atoms with Crippen molar-refractivity contribution in [2.75, 3.05) is 19.8 Å². The summed E-state index contributed by atoms with van der Waals surface area (Å²) >= 11 is 0. The Hall–Kier alpha value is -2.90. The third-order valence-electron chi connectivity index (χ3n) is 3.99. The molecule has 0 saturated carbocycles. The van der Waals surface area contributed by atoms with Crippen LogP contribution >= 0.6 is 0 Å². The van der Waals surface area contributed by atoms with Gasteiger partial charge in [0, 0.05) is 12.1 Å². The van der Waals surface area contributed by atoms with Crippen molar-refractivity contribution in [2.24, 2.45) is 0 Å². The fourth-order valence-corrected chi connectivity index (χ4v) is 2.88. The summed E-state index contributed by atoms with van der Waals surface area (Å²) in [7, 11) is 0. The van der Waals surface area contributed by atoms with E-state index in [2.05, 4.69) is 4.98 Å². The quantitative estimate of drug-likeness (QED) is 0.704. The lowest BCUT2D eigenvalue weighted by Crippen LogP contribution is -2.18. The van der Waals surface area contributed by atoms with Crippen LogP contribution in [0.25, 0.3) is 11.0 Å². The first-order valence-corrected chi connectivity index (χ1v) is 8.07. The van der Waals surface area contributed by atoms with Crippen LogP contribution in [0.4, 0.5) is 13.2 Å². The number of alkyl halides is 3. The van der Waals surface area contributed by atoms with Gasteiger partial charge in [-0.1, -0.05) is 18.2 Å². The molecular weight excluding hydrogens is 349 g/mol. The number of hydrogen-bond acceptors (Lipinski definition) is 4. The number of hydrogen-bond donors (Lipinski definition) is 0. The summed E-state index contributed by atoms with van der Waals surface area (Å²) < 4.78 is 57.8. The van der Waals surface area contributed by atoms with E-state index in [-0.39, 0.29) is 18.7 Å². The van der Waals surface area contributed by atoms with Gasteiger partial charge in [-0.3, -0.25) is 0 Å². The minimum atomic E-state index is -4.58. The molecule has 0 atom stereocenters. The summed E-state index contributed by atoms with van der Waals surface area (Å²) in [6.07, 6.45) is -4.58. The van der Waals surface area contributed by atoms with Gasteiger partial charge in [0.25, 0.3) is 0 Å². The molecule has 136 valence electrons. The van der Waals surface area contributed by atoms with E-state index in [1.165, 1.54) is 12.1 Å². The Morgan fingerprint density at radius 2 is 1.73 bits per heavy atom. The zero-order valence-corrected chi connectivity index (χ0v) is 13.6. The van der Waals surface area contributed by atoms with E-state index >= 15 is 0 Å². The van der Waals surface area contributed by atoms with Crippen molar-refractivity contribution in [2.45, 2.75) is 12.7 Å². The lowest BCUT2D eigenvalue weighted by atomic mass is 10.2. The Labute approximate surface area is 146 Å². The lowest BCUT2D eigenvalue weighted by Gasteiger charge is -2.18. The Balaban J connectivity index is 1.68. The molecule has 0 N–H and O–H groups in total. The molecule has 0 aliphatic carbocycles. The van der Waals surface area contributed by atoms with Crippen molar-refractivity contribution >= 4 is 11.0 Å². The Kier molecular flexibility index (Phi) is 4.10. The first-order valence-electron chi connectivity index (χ1n) is 8.07. The minimum Gasteiger partial charge on any atom is -0.492 e. The summed E-state index contributed by atoms with van der Waals surface area (Å²) in [5, 5.41) is 0. The van der Waals surface area contributed by atoms with E-state index in [0.29, 0.717) is 36.0 Å². The Morgan fingerprint density at radius 1 is 1.04 bits per heavy atom. The van der Waals surface area contributed by atoms with E-state index in [9.17, 15) is 13.2 Å². The number of imidazole rings is 1. The van der Waals surface area contributed by atoms with Crippen molar-refractivity contribution < 1.29 is 27.4 Å². The van der Waals surface area contributed by atoms with Gasteiger partial charge in [-0.05, 0) is 12.1 Å². The summed E-state index contributed by atoms with van der Waals surface area (Å²) in [5.74, 6) is 0.455. The smallest absolute Gasteiger partial charge is 0.449 e. The number of rotatable bonds is 4. The topological polar surface area (TPSA) is 45.5 Å². The van der Waals surface area contributed by atoms with Crippen LogP contribution in [-0.4, -0.2) is 29.4 Å². The molecule has 0 spiro atoms. The number of benzene rings is 2. The second-order valence-corrected chi connectivity index (χ2v) is 5.73. The number of ether oxygens (including phenoxy) is 3. The zero-order chi connectivity index (χ0) is 18.1. The summed E-state index contributed by atoms with van der Waals surface area (Å²) in [4.78, 5) is 3.76. The van der Waals surface area contributed by atoms with Crippen molar-refractivity contribution in [3.8, 4) is 17.2 Å². The normalized spacial score (nSPS) is 13.8. The highest BCUT2D eigenvalue weighted by Crippen LogP contribution is 2.37. The second kappa shape index (κ2) is 6.44. The monoisotopic (exact) mass is 364 g/mol. The van der Waals surface area contributed by atoms with Crippen molar-refractivity contribution in [1.82, 2.24) is 9.55 Å². The number of nitrogens with zero attached hydrogens (tertiary/aromatic N) is 2. The molecule has 1 aliphatic rings. The lowest BCUT2D eigenvalue weighted by molar-refractivity contribution is -0.147. The highest BCUT2D eigenvalue weighted by Gasteiger charge is 2.38. The van der Waals surface area contributed by atoms with E-state index in [4.69, 9.17) is 14.2 Å². The first kappa shape index (κ1) is 16.6. The molecule has 2 aromatic carbocycles. The molecule has 1 aliphatic heterocycles. The molecule has 4 rings (SSSR count). The van der Waals surface area contributed by atoms with Crippen molar-refractivity contribution in [3.63, 3.8) is 0 Å². The standard InChI is InChI=1S/C18H15F3N2O3/c19-18(20,21)17-22-13-10-15-16(26-9-8-25-15)11-14(13)23(17)6-7-24-12-4-2-1-3-5-12/h1-5,10-11H,6-9H2. The molecule has 0 amide bonds. The van der Waals surface area contributed by atoms with Gasteiger partial charge in [-0.2, -0.15) is 13.2 Å². The molecule has 0 unspecified atom stereocenters. The molecule has 5 nitrogen and oxygen atoms in total.